The van der Waals surface area contributed by atoms with Crippen LogP contribution in [0.5, 0.6) is 0 Å². The number of aryl methyl sites for hydroxylation is 2. The van der Waals surface area contributed by atoms with Gasteiger partial charge in [-0.2, -0.15) is 5.10 Å². The molecule has 0 fully saturated rings. The van der Waals surface area contributed by atoms with Crippen molar-refractivity contribution in [3.05, 3.63) is 23.2 Å². The highest BCUT2D eigenvalue weighted by Crippen LogP contribution is 2.35. The number of amides is 1. The van der Waals surface area contributed by atoms with Crippen LogP contribution in [0.1, 0.15) is 22.3 Å². The minimum absolute atomic E-state index is 0.0821. The number of nitrogens with zero attached hydrogens (tertiary/aromatic N) is 2. The van der Waals surface area contributed by atoms with Gasteiger partial charge in [0.2, 0.25) is 0 Å². The van der Waals surface area contributed by atoms with Gasteiger partial charge in [0, 0.05) is 13.1 Å². The van der Waals surface area contributed by atoms with Crippen LogP contribution in [0.2, 0.25) is 0 Å². The molecule has 2 aromatic rings. The number of thiophene rings is 1. The fourth-order valence-corrected chi connectivity index (χ4v) is 2.92. The average molecular weight is 264 g/mol. The first kappa shape index (κ1) is 12.6. The molecular weight excluding hydrogens is 248 g/mol. The molecule has 0 spiro atoms. The van der Waals surface area contributed by atoms with Crippen molar-refractivity contribution < 1.29 is 4.79 Å². The number of fused-ring (bicyclic) bond motifs is 1. The van der Waals surface area contributed by atoms with Crippen LogP contribution < -0.4 is 11.1 Å². The molecule has 0 aliphatic carbocycles. The van der Waals surface area contributed by atoms with Crippen molar-refractivity contribution in [2.45, 2.75) is 19.9 Å². The fraction of sp³-hybridized carbons (Fsp3) is 0.333. The molecule has 96 valence electrons. The van der Waals surface area contributed by atoms with E-state index in [1.165, 1.54) is 11.3 Å². The second-order valence-corrected chi connectivity index (χ2v) is 5.23. The van der Waals surface area contributed by atoms with Gasteiger partial charge in [-0.1, -0.05) is 6.08 Å². The molecule has 1 unspecified atom stereocenters. The first-order valence-corrected chi connectivity index (χ1v) is 6.42. The number of nitrogens with one attached hydrogen (secondary N) is 1. The van der Waals surface area contributed by atoms with E-state index >= 15 is 0 Å². The van der Waals surface area contributed by atoms with Gasteiger partial charge in [0.05, 0.1) is 16.8 Å². The third-order valence-electron chi connectivity index (χ3n) is 2.80. The number of anilines is 1. The van der Waals surface area contributed by atoms with E-state index in [0.29, 0.717) is 10.6 Å². The van der Waals surface area contributed by atoms with Gasteiger partial charge in [-0.3, -0.25) is 9.48 Å². The van der Waals surface area contributed by atoms with Gasteiger partial charge in [-0.15, -0.1) is 17.9 Å². The molecule has 0 saturated heterocycles. The predicted octanol–water partition coefficient (Wildman–Crippen LogP) is 1.83. The number of nitrogen functional groups attached to an aromatic ring is 1. The molecule has 0 aromatic carbocycles. The van der Waals surface area contributed by atoms with Crippen molar-refractivity contribution in [2.75, 3.05) is 5.73 Å². The lowest BCUT2D eigenvalue weighted by Gasteiger charge is -2.08. The van der Waals surface area contributed by atoms with Gasteiger partial charge in [0.1, 0.15) is 9.71 Å². The smallest absolute Gasteiger partial charge is 0.264 e. The van der Waals surface area contributed by atoms with E-state index < -0.39 is 0 Å². The number of hydrogen-bond donors (Lipinski definition) is 2. The maximum Gasteiger partial charge on any atom is 0.264 e. The van der Waals surface area contributed by atoms with Crippen molar-refractivity contribution in [3.63, 3.8) is 0 Å². The van der Waals surface area contributed by atoms with E-state index in [1.54, 1.807) is 10.8 Å². The lowest BCUT2D eigenvalue weighted by molar-refractivity contribution is 0.0952. The summed E-state index contributed by atoms with van der Waals surface area (Å²) in [5, 5.41) is 7.98. The van der Waals surface area contributed by atoms with Gasteiger partial charge in [0.25, 0.3) is 5.91 Å². The van der Waals surface area contributed by atoms with Crippen molar-refractivity contribution in [1.29, 1.82) is 0 Å². The number of aromatic nitrogens is 2. The molecule has 18 heavy (non-hydrogen) atoms. The standard InChI is InChI=1S/C12H16N4OS/c1-5-6(2)14-11(17)10-9(13)8-7(3)15-16(4)12(8)18-10/h5-6H,1,13H2,2-4H3,(H,14,17). The third kappa shape index (κ3) is 1.88. The van der Waals surface area contributed by atoms with Crippen LogP contribution in [-0.2, 0) is 7.05 Å². The monoisotopic (exact) mass is 264 g/mol. The van der Waals surface area contributed by atoms with Crippen LogP contribution in [-0.4, -0.2) is 21.7 Å². The average Bonchev–Trinajstić information content (AvgIpc) is 2.79. The first-order chi connectivity index (χ1) is 8.45. The number of rotatable bonds is 3. The molecule has 2 rings (SSSR count). The second kappa shape index (κ2) is 4.45. The molecule has 5 nitrogen and oxygen atoms in total. The summed E-state index contributed by atoms with van der Waals surface area (Å²) in [6, 6.07) is -0.0821. The summed E-state index contributed by atoms with van der Waals surface area (Å²) in [4.78, 5) is 13.5. The van der Waals surface area contributed by atoms with Crippen molar-refractivity contribution in [3.8, 4) is 0 Å². The van der Waals surface area contributed by atoms with Gasteiger partial charge in [0.15, 0.2) is 0 Å². The Labute approximate surface area is 109 Å². The summed E-state index contributed by atoms with van der Waals surface area (Å²) in [6.45, 7) is 7.38. The summed E-state index contributed by atoms with van der Waals surface area (Å²) in [7, 11) is 1.85. The Morgan fingerprint density at radius 2 is 2.33 bits per heavy atom. The van der Waals surface area contributed by atoms with Crippen LogP contribution >= 0.6 is 11.3 Å². The molecule has 0 radical (unpaired) electrons. The lowest BCUT2D eigenvalue weighted by atomic mass is 10.2. The molecule has 1 atom stereocenters. The van der Waals surface area contributed by atoms with Gasteiger partial charge < -0.3 is 11.1 Å². The van der Waals surface area contributed by atoms with Crippen molar-refractivity contribution in [1.82, 2.24) is 15.1 Å². The van der Waals surface area contributed by atoms with Crippen LogP contribution in [0.25, 0.3) is 10.2 Å². The highest BCUT2D eigenvalue weighted by molar-refractivity contribution is 7.21. The Hall–Kier alpha value is -1.82. The van der Waals surface area contributed by atoms with E-state index in [0.717, 1.165) is 15.9 Å². The van der Waals surface area contributed by atoms with Gasteiger partial charge in [-0.25, -0.2) is 0 Å². The maximum atomic E-state index is 12.1. The molecule has 0 bridgehead atoms. The minimum atomic E-state index is -0.166. The van der Waals surface area contributed by atoms with Crippen molar-refractivity contribution in [2.24, 2.45) is 7.05 Å². The molecule has 0 aliphatic rings. The van der Waals surface area contributed by atoms with E-state index in [1.807, 2.05) is 20.9 Å². The molecule has 6 heteroatoms. The van der Waals surface area contributed by atoms with Crippen LogP contribution in [0.15, 0.2) is 12.7 Å². The summed E-state index contributed by atoms with van der Waals surface area (Å²) in [6.07, 6.45) is 1.67. The zero-order chi connectivity index (χ0) is 13.4. The van der Waals surface area contributed by atoms with Gasteiger partial charge in [-0.05, 0) is 13.8 Å². The fourth-order valence-electron chi connectivity index (χ4n) is 1.83. The lowest BCUT2D eigenvalue weighted by Crippen LogP contribution is -2.30. The maximum absolute atomic E-state index is 12.1. The SMILES string of the molecule is C=CC(C)NC(=O)c1sc2c(c(C)nn2C)c1N. The minimum Gasteiger partial charge on any atom is -0.397 e. The first-order valence-electron chi connectivity index (χ1n) is 5.60. The van der Waals surface area contributed by atoms with E-state index in [4.69, 9.17) is 5.73 Å². The summed E-state index contributed by atoms with van der Waals surface area (Å²) < 4.78 is 1.75. The highest BCUT2D eigenvalue weighted by Gasteiger charge is 2.21. The summed E-state index contributed by atoms with van der Waals surface area (Å²) in [5.41, 5.74) is 7.39. The van der Waals surface area contributed by atoms with E-state index in [-0.39, 0.29) is 11.9 Å². The van der Waals surface area contributed by atoms with Crippen LogP contribution in [0, 0.1) is 6.92 Å². The molecule has 0 saturated carbocycles. The zero-order valence-electron chi connectivity index (χ0n) is 10.7. The quantitative estimate of drug-likeness (QED) is 0.831. The van der Waals surface area contributed by atoms with Crippen LogP contribution in [0.3, 0.4) is 0 Å². The van der Waals surface area contributed by atoms with E-state index in [9.17, 15) is 4.79 Å². The molecule has 2 heterocycles. The molecule has 1 amide bonds. The number of carbonyl (C=O) groups is 1. The Balaban J connectivity index is 2.46. The summed E-state index contributed by atoms with van der Waals surface area (Å²) >= 11 is 1.36. The van der Waals surface area contributed by atoms with Crippen molar-refractivity contribution >= 4 is 33.1 Å². The number of nitrogens with two attached hydrogens (primary N) is 1. The summed E-state index contributed by atoms with van der Waals surface area (Å²) in [5.74, 6) is -0.166. The molecular formula is C12H16N4OS. The third-order valence-corrected chi connectivity index (χ3v) is 4.07. The molecule has 0 aliphatic heterocycles. The topological polar surface area (TPSA) is 72.9 Å². The zero-order valence-corrected chi connectivity index (χ0v) is 11.5. The second-order valence-electron chi connectivity index (χ2n) is 4.23. The largest absolute Gasteiger partial charge is 0.397 e. The number of hydrogen-bond acceptors (Lipinski definition) is 4. The van der Waals surface area contributed by atoms with Crippen LogP contribution in [0.4, 0.5) is 5.69 Å². The molecule has 2 aromatic heterocycles. The Bertz CT molecular complexity index is 626. The van der Waals surface area contributed by atoms with E-state index in [2.05, 4.69) is 17.0 Å². The normalized spacial score (nSPS) is 12.6. The molecule has 3 N–H and O–H groups in total. The highest BCUT2D eigenvalue weighted by atomic mass is 32.1. The Morgan fingerprint density at radius 1 is 1.67 bits per heavy atom. The number of carbonyl (C=O) groups excluding carboxylic acids is 1. The Kier molecular flexibility index (Phi) is 3.13. The van der Waals surface area contributed by atoms with Gasteiger partial charge >= 0.3 is 0 Å². The Morgan fingerprint density at radius 3 is 2.89 bits per heavy atom. The predicted molar refractivity (Wildman–Crippen MR) is 74.9 cm³/mol.